The second-order valence-electron chi connectivity index (χ2n) is 3.84. The zero-order valence-corrected chi connectivity index (χ0v) is 11.0. The highest BCUT2D eigenvalue weighted by atomic mass is 32.2. The Hall–Kier alpha value is -2.12. The molecular weight excluding hydrogens is 264 g/mol. The molecular formula is C12H12N4O2S. The van der Waals surface area contributed by atoms with Gasteiger partial charge in [0, 0.05) is 11.0 Å². The molecule has 19 heavy (non-hydrogen) atoms. The molecule has 0 fully saturated rings. The van der Waals surface area contributed by atoms with Crippen LogP contribution in [0.2, 0.25) is 0 Å². The molecule has 0 aliphatic heterocycles. The van der Waals surface area contributed by atoms with E-state index in [1.165, 1.54) is 23.9 Å². The number of rotatable bonds is 4. The molecule has 1 heterocycles. The topological polar surface area (TPSA) is 94.1 Å². The number of nitrogen functional groups attached to an aromatic ring is 1. The van der Waals surface area contributed by atoms with E-state index in [9.17, 15) is 10.1 Å². The van der Waals surface area contributed by atoms with Gasteiger partial charge in [-0.3, -0.25) is 10.1 Å². The Kier molecular flexibility index (Phi) is 3.98. The van der Waals surface area contributed by atoms with Gasteiger partial charge in [-0.25, -0.2) is 10.8 Å². The molecule has 0 aliphatic carbocycles. The zero-order chi connectivity index (χ0) is 13.8. The Labute approximate surface area is 114 Å². The summed E-state index contributed by atoms with van der Waals surface area (Å²) in [6.07, 6.45) is 0. The van der Waals surface area contributed by atoms with Crippen molar-refractivity contribution in [1.29, 1.82) is 0 Å². The van der Waals surface area contributed by atoms with Crippen molar-refractivity contribution in [2.75, 3.05) is 5.43 Å². The number of aryl methyl sites for hydroxylation is 1. The second kappa shape index (κ2) is 5.68. The summed E-state index contributed by atoms with van der Waals surface area (Å²) in [5.41, 5.74) is 3.47. The van der Waals surface area contributed by atoms with Crippen LogP contribution in [0.5, 0.6) is 0 Å². The standard InChI is InChI=1S/C12H12N4O2S/c1-8-2-4-9(5-3-8)19-12-10(16(17)18)6-7-11(14-12)15-13/h2-7H,13H2,1H3,(H,14,15). The maximum absolute atomic E-state index is 11.0. The van der Waals surface area contributed by atoms with Crippen LogP contribution >= 0.6 is 11.8 Å². The van der Waals surface area contributed by atoms with Crippen molar-refractivity contribution in [1.82, 2.24) is 4.98 Å². The first kappa shape index (κ1) is 13.3. The number of aromatic nitrogens is 1. The third-order valence-corrected chi connectivity index (χ3v) is 3.42. The van der Waals surface area contributed by atoms with Gasteiger partial charge in [-0.15, -0.1) is 0 Å². The monoisotopic (exact) mass is 276 g/mol. The maximum Gasteiger partial charge on any atom is 0.301 e. The SMILES string of the molecule is Cc1ccc(Sc2nc(NN)ccc2[N+](=O)[O-])cc1. The Morgan fingerprint density at radius 3 is 2.53 bits per heavy atom. The van der Waals surface area contributed by atoms with Crippen LogP contribution in [0.15, 0.2) is 46.3 Å². The van der Waals surface area contributed by atoms with Gasteiger partial charge in [0.25, 0.3) is 0 Å². The number of nitrogens with two attached hydrogens (primary N) is 1. The first-order chi connectivity index (χ1) is 9.10. The fraction of sp³-hybridized carbons (Fsp3) is 0.0833. The van der Waals surface area contributed by atoms with Gasteiger partial charge in [0.05, 0.1) is 4.92 Å². The van der Waals surface area contributed by atoms with E-state index in [1.807, 2.05) is 31.2 Å². The van der Waals surface area contributed by atoms with E-state index < -0.39 is 4.92 Å². The largest absolute Gasteiger partial charge is 0.308 e. The number of hydrazine groups is 1. The van der Waals surface area contributed by atoms with E-state index in [-0.39, 0.29) is 5.69 Å². The van der Waals surface area contributed by atoms with Gasteiger partial charge in [-0.05, 0) is 25.1 Å². The van der Waals surface area contributed by atoms with Crippen molar-refractivity contribution < 1.29 is 4.92 Å². The Morgan fingerprint density at radius 1 is 1.26 bits per heavy atom. The normalized spacial score (nSPS) is 10.2. The molecule has 6 nitrogen and oxygen atoms in total. The van der Waals surface area contributed by atoms with Crippen molar-refractivity contribution in [2.45, 2.75) is 16.8 Å². The molecule has 2 aromatic rings. The molecule has 0 saturated heterocycles. The van der Waals surface area contributed by atoms with Crippen LogP contribution in [0.1, 0.15) is 5.56 Å². The highest BCUT2D eigenvalue weighted by molar-refractivity contribution is 7.99. The van der Waals surface area contributed by atoms with Crippen LogP contribution in [0, 0.1) is 17.0 Å². The third-order valence-electron chi connectivity index (χ3n) is 2.42. The number of benzene rings is 1. The van der Waals surface area contributed by atoms with Crippen LogP contribution in [0.3, 0.4) is 0 Å². The lowest BCUT2D eigenvalue weighted by molar-refractivity contribution is -0.388. The number of hydrogen-bond donors (Lipinski definition) is 2. The van der Waals surface area contributed by atoms with Crippen molar-refractivity contribution in [3.63, 3.8) is 0 Å². The smallest absolute Gasteiger partial charge is 0.301 e. The van der Waals surface area contributed by atoms with Gasteiger partial charge in [-0.2, -0.15) is 0 Å². The highest BCUT2D eigenvalue weighted by Gasteiger charge is 2.17. The van der Waals surface area contributed by atoms with E-state index in [4.69, 9.17) is 5.84 Å². The van der Waals surface area contributed by atoms with Crippen LogP contribution in [-0.4, -0.2) is 9.91 Å². The van der Waals surface area contributed by atoms with Gasteiger partial charge in [0.1, 0.15) is 5.82 Å². The van der Waals surface area contributed by atoms with E-state index in [0.717, 1.165) is 10.5 Å². The lowest BCUT2D eigenvalue weighted by Gasteiger charge is -2.05. The van der Waals surface area contributed by atoms with Crippen molar-refractivity contribution in [3.8, 4) is 0 Å². The molecule has 7 heteroatoms. The quantitative estimate of drug-likeness (QED) is 0.506. The second-order valence-corrected chi connectivity index (χ2v) is 4.90. The lowest BCUT2D eigenvalue weighted by atomic mass is 10.2. The first-order valence-corrected chi connectivity index (χ1v) is 6.28. The molecule has 2 rings (SSSR count). The average Bonchev–Trinajstić information content (AvgIpc) is 2.41. The van der Waals surface area contributed by atoms with Crippen molar-refractivity contribution in [3.05, 3.63) is 52.1 Å². The fourth-order valence-electron chi connectivity index (χ4n) is 1.45. The molecule has 0 aliphatic rings. The molecule has 3 N–H and O–H groups in total. The van der Waals surface area contributed by atoms with Gasteiger partial charge >= 0.3 is 5.69 Å². The summed E-state index contributed by atoms with van der Waals surface area (Å²) in [7, 11) is 0. The summed E-state index contributed by atoms with van der Waals surface area (Å²) in [5.74, 6) is 5.66. The molecule has 0 atom stereocenters. The Balaban J connectivity index is 2.36. The van der Waals surface area contributed by atoms with E-state index >= 15 is 0 Å². The minimum Gasteiger partial charge on any atom is -0.308 e. The van der Waals surface area contributed by atoms with Gasteiger partial charge in [-0.1, -0.05) is 29.5 Å². The summed E-state index contributed by atoms with van der Waals surface area (Å²) in [4.78, 5) is 15.5. The van der Waals surface area contributed by atoms with Crippen LogP contribution in [-0.2, 0) is 0 Å². The molecule has 1 aromatic heterocycles. The maximum atomic E-state index is 11.0. The Bertz CT molecular complexity index is 601. The average molecular weight is 276 g/mol. The van der Waals surface area contributed by atoms with Gasteiger partial charge < -0.3 is 5.43 Å². The number of nitrogens with one attached hydrogen (secondary N) is 1. The predicted molar refractivity (Wildman–Crippen MR) is 74.0 cm³/mol. The fourth-order valence-corrected chi connectivity index (χ4v) is 2.33. The molecule has 0 saturated carbocycles. The van der Waals surface area contributed by atoms with Gasteiger partial charge in [0.15, 0.2) is 5.03 Å². The zero-order valence-electron chi connectivity index (χ0n) is 10.2. The van der Waals surface area contributed by atoms with E-state index in [0.29, 0.717) is 10.8 Å². The molecule has 0 amide bonds. The summed E-state index contributed by atoms with van der Waals surface area (Å²) >= 11 is 1.23. The number of hydrogen-bond acceptors (Lipinski definition) is 6. The van der Waals surface area contributed by atoms with Crippen LogP contribution in [0.25, 0.3) is 0 Å². The molecule has 0 bridgehead atoms. The summed E-state index contributed by atoms with van der Waals surface area (Å²) in [6, 6.07) is 10.5. The molecule has 0 spiro atoms. The first-order valence-electron chi connectivity index (χ1n) is 5.46. The molecule has 0 unspecified atom stereocenters. The molecule has 0 radical (unpaired) electrons. The van der Waals surface area contributed by atoms with Crippen molar-refractivity contribution >= 4 is 23.3 Å². The van der Waals surface area contributed by atoms with Crippen molar-refractivity contribution in [2.24, 2.45) is 5.84 Å². The lowest BCUT2D eigenvalue weighted by Crippen LogP contribution is -2.09. The Morgan fingerprint density at radius 2 is 1.95 bits per heavy atom. The summed E-state index contributed by atoms with van der Waals surface area (Å²) in [5, 5.41) is 11.3. The van der Waals surface area contributed by atoms with Crippen LogP contribution < -0.4 is 11.3 Å². The third kappa shape index (κ3) is 3.21. The molecule has 98 valence electrons. The number of anilines is 1. The predicted octanol–water partition coefficient (Wildman–Crippen LogP) is 2.74. The summed E-state index contributed by atoms with van der Waals surface area (Å²) in [6.45, 7) is 1.98. The van der Waals surface area contributed by atoms with Crippen LogP contribution in [0.4, 0.5) is 11.5 Å². The van der Waals surface area contributed by atoms with E-state index in [1.54, 1.807) is 0 Å². The number of nitrogens with zero attached hydrogens (tertiary/aromatic N) is 2. The number of nitro groups is 1. The van der Waals surface area contributed by atoms with Gasteiger partial charge in [0.2, 0.25) is 0 Å². The number of pyridine rings is 1. The minimum absolute atomic E-state index is 0.0374. The summed E-state index contributed by atoms with van der Waals surface area (Å²) < 4.78 is 0. The highest BCUT2D eigenvalue weighted by Crippen LogP contribution is 2.33. The van der Waals surface area contributed by atoms with E-state index in [2.05, 4.69) is 10.4 Å². The minimum atomic E-state index is -0.455. The molecule has 1 aromatic carbocycles.